The molecular formula is C22H23FO4. The Bertz CT molecular complexity index is 963. The summed E-state index contributed by atoms with van der Waals surface area (Å²) in [7, 11) is 1.55. The van der Waals surface area contributed by atoms with Crippen LogP contribution in [0.15, 0.2) is 50.9 Å². The van der Waals surface area contributed by atoms with Crippen molar-refractivity contribution in [2.75, 3.05) is 7.11 Å². The van der Waals surface area contributed by atoms with Crippen LogP contribution in [0.2, 0.25) is 0 Å². The molecule has 0 N–H and O–H groups in total. The highest BCUT2D eigenvalue weighted by molar-refractivity contribution is 6.11. The summed E-state index contributed by atoms with van der Waals surface area (Å²) in [5.41, 5.74) is 0.123. The largest absolute Gasteiger partial charge is 0.500 e. The first-order valence-corrected chi connectivity index (χ1v) is 9.20. The number of halogens is 1. The number of ether oxygens (including phenoxy) is 1. The lowest BCUT2D eigenvalue weighted by atomic mass is 9.69. The molecule has 1 aliphatic carbocycles. The van der Waals surface area contributed by atoms with Crippen LogP contribution in [-0.2, 0) is 10.2 Å². The Morgan fingerprint density at radius 3 is 2.22 bits per heavy atom. The van der Waals surface area contributed by atoms with E-state index in [4.69, 9.17) is 9.15 Å². The Morgan fingerprint density at radius 1 is 1.07 bits per heavy atom. The van der Waals surface area contributed by atoms with Crippen LogP contribution in [0.25, 0.3) is 11.3 Å². The smallest absolute Gasteiger partial charge is 0.199 e. The van der Waals surface area contributed by atoms with Crippen LogP contribution in [0.5, 0.6) is 0 Å². The third-order valence-corrected chi connectivity index (χ3v) is 5.49. The molecule has 0 radical (unpaired) electrons. The molecule has 0 amide bonds. The fraction of sp³-hybridized carbons (Fsp3) is 0.364. The van der Waals surface area contributed by atoms with Gasteiger partial charge in [-0.15, -0.1) is 0 Å². The minimum absolute atomic E-state index is 0.0854. The van der Waals surface area contributed by atoms with Crippen molar-refractivity contribution in [3.8, 4) is 11.3 Å². The van der Waals surface area contributed by atoms with Gasteiger partial charge in [0.1, 0.15) is 28.7 Å². The Morgan fingerprint density at radius 2 is 1.70 bits per heavy atom. The van der Waals surface area contributed by atoms with Gasteiger partial charge in [-0.1, -0.05) is 20.8 Å². The number of allylic oxidation sites excluding steroid dienone is 2. The van der Waals surface area contributed by atoms with Gasteiger partial charge in [0.15, 0.2) is 11.2 Å². The van der Waals surface area contributed by atoms with Gasteiger partial charge in [-0.05, 0) is 43.5 Å². The maximum Gasteiger partial charge on any atom is 0.199 e. The highest BCUT2D eigenvalue weighted by Crippen LogP contribution is 2.47. The summed E-state index contributed by atoms with van der Waals surface area (Å²) in [6, 6.07) is 7.03. The molecule has 5 heteroatoms. The lowest BCUT2D eigenvalue weighted by Gasteiger charge is -2.37. The van der Waals surface area contributed by atoms with Crippen molar-refractivity contribution in [2.24, 2.45) is 0 Å². The van der Waals surface area contributed by atoms with Crippen LogP contribution in [-0.4, -0.2) is 12.9 Å². The van der Waals surface area contributed by atoms with Crippen molar-refractivity contribution in [2.45, 2.75) is 45.4 Å². The van der Waals surface area contributed by atoms with Crippen molar-refractivity contribution in [3.63, 3.8) is 0 Å². The highest BCUT2D eigenvalue weighted by atomic mass is 19.1. The quantitative estimate of drug-likeness (QED) is 0.742. The van der Waals surface area contributed by atoms with Crippen LogP contribution in [0.3, 0.4) is 0 Å². The normalized spacial score (nSPS) is 15.7. The number of fused-ring (bicyclic) bond motifs is 1. The SMILES string of the molecule is CCC1=C(OC)C(CC)(CC)c2oc(-c3ccc(F)cc3)cc(=O)c2C1=O. The van der Waals surface area contributed by atoms with Gasteiger partial charge in [-0.25, -0.2) is 4.39 Å². The van der Waals surface area contributed by atoms with Crippen molar-refractivity contribution in [1.82, 2.24) is 0 Å². The molecule has 2 aromatic rings. The second-order valence-corrected chi connectivity index (χ2v) is 6.67. The number of rotatable bonds is 5. The Balaban J connectivity index is 2.35. The summed E-state index contributed by atoms with van der Waals surface area (Å²) in [5, 5.41) is 0. The number of ketones is 1. The number of hydrogen-bond donors (Lipinski definition) is 0. The number of Topliss-reactive ketones (excluding diaryl/α,β-unsaturated/α-hetero) is 1. The number of benzene rings is 1. The molecule has 0 fully saturated rings. The molecule has 0 unspecified atom stereocenters. The average molecular weight is 370 g/mol. The molecule has 0 spiro atoms. The van der Waals surface area contributed by atoms with Gasteiger partial charge in [0.25, 0.3) is 0 Å². The van der Waals surface area contributed by atoms with Crippen molar-refractivity contribution >= 4 is 5.78 Å². The van der Waals surface area contributed by atoms with E-state index >= 15 is 0 Å². The van der Waals surface area contributed by atoms with Crippen molar-refractivity contribution < 1.29 is 18.3 Å². The van der Waals surface area contributed by atoms with Gasteiger partial charge < -0.3 is 9.15 Å². The lowest BCUT2D eigenvalue weighted by molar-refractivity contribution is 0.0975. The van der Waals surface area contributed by atoms with Gasteiger partial charge in [0, 0.05) is 17.2 Å². The zero-order chi connectivity index (χ0) is 19.8. The van der Waals surface area contributed by atoms with E-state index in [-0.39, 0.29) is 22.6 Å². The van der Waals surface area contributed by atoms with Crippen molar-refractivity contribution in [3.05, 3.63) is 69.0 Å². The van der Waals surface area contributed by atoms with E-state index in [2.05, 4.69) is 0 Å². The van der Waals surface area contributed by atoms with E-state index in [0.717, 1.165) is 0 Å². The Kier molecular flexibility index (Phi) is 5.05. The third-order valence-electron chi connectivity index (χ3n) is 5.49. The van der Waals surface area contributed by atoms with E-state index in [1.54, 1.807) is 19.2 Å². The van der Waals surface area contributed by atoms with Crippen LogP contribution in [0.1, 0.15) is 56.2 Å². The molecule has 0 saturated carbocycles. The fourth-order valence-electron chi connectivity index (χ4n) is 3.98. The molecule has 142 valence electrons. The minimum Gasteiger partial charge on any atom is -0.500 e. The molecule has 0 bridgehead atoms. The zero-order valence-corrected chi connectivity index (χ0v) is 16.0. The second-order valence-electron chi connectivity index (χ2n) is 6.67. The van der Waals surface area contributed by atoms with Gasteiger partial charge in [0.05, 0.1) is 12.5 Å². The Labute approximate surface area is 157 Å². The number of methoxy groups -OCH3 is 1. The molecule has 1 aliphatic rings. The highest BCUT2D eigenvalue weighted by Gasteiger charge is 2.47. The van der Waals surface area contributed by atoms with E-state index in [9.17, 15) is 14.0 Å². The van der Waals surface area contributed by atoms with E-state index < -0.39 is 5.41 Å². The lowest BCUT2D eigenvalue weighted by Crippen LogP contribution is -2.39. The molecule has 1 aromatic carbocycles. The molecule has 0 saturated heterocycles. The topological polar surface area (TPSA) is 56.5 Å². The van der Waals surface area contributed by atoms with E-state index in [1.807, 2.05) is 20.8 Å². The fourth-order valence-corrected chi connectivity index (χ4v) is 3.98. The molecule has 4 nitrogen and oxygen atoms in total. The zero-order valence-electron chi connectivity index (χ0n) is 16.0. The summed E-state index contributed by atoms with van der Waals surface area (Å²) in [4.78, 5) is 25.9. The average Bonchev–Trinajstić information content (AvgIpc) is 2.68. The van der Waals surface area contributed by atoms with Crippen LogP contribution in [0, 0.1) is 5.82 Å². The summed E-state index contributed by atoms with van der Waals surface area (Å²) in [6.45, 7) is 5.85. The van der Waals surface area contributed by atoms with E-state index in [0.29, 0.717) is 47.7 Å². The van der Waals surface area contributed by atoms with Gasteiger partial charge in [0.2, 0.25) is 0 Å². The van der Waals surface area contributed by atoms with Crippen LogP contribution < -0.4 is 5.43 Å². The molecule has 0 aliphatic heterocycles. The minimum atomic E-state index is -0.682. The van der Waals surface area contributed by atoms with Gasteiger partial charge >= 0.3 is 0 Å². The van der Waals surface area contributed by atoms with Gasteiger partial charge in [-0.3, -0.25) is 9.59 Å². The van der Waals surface area contributed by atoms with Crippen LogP contribution >= 0.6 is 0 Å². The van der Waals surface area contributed by atoms with E-state index in [1.165, 1.54) is 18.2 Å². The van der Waals surface area contributed by atoms with Gasteiger partial charge in [-0.2, -0.15) is 0 Å². The predicted octanol–water partition coefficient (Wildman–Crippen LogP) is 5.01. The molecule has 3 rings (SSSR count). The molecule has 1 aromatic heterocycles. The number of carbonyl (C=O) groups is 1. The first-order valence-electron chi connectivity index (χ1n) is 9.20. The maximum absolute atomic E-state index is 13.3. The summed E-state index contributed by atoms with van der Waals surface area (Å²) < 4.78 is 25.1. The second kappa shape index (κ2) is 7.14. The number of carbonyl (C=O) groups excluding carboxylic acids is 1. The summed E-state index contributed by atoms with van der Waals surface area (Å²) in [6.07, 6.45) is 1.71. The molecule has 0 atom stereocenters. The first kappa shape index (κ1) is 19.1. The predicted molar refractivity (Wildman–Crippen MR) is 101 cm³/mol. The first-order chi connectivity index (χ1) is 12.9. The molecular weight excluding hydrogens is 347 g/mol. The Hall–Kier alpha value is -2.69. The summed E-state index contributed by atoms with van der Waals surface area (Å²) in [5.74, 6) is 0.530. The number of hydrogen-bond acceptors (Lipinski definition) is 4. The molecule has 27 heavy (non-hydrogen) atoms. The van der Waals surface area contributed by atoms with Crippen molar-refractivity contribution in [1.29, 1.82) is 0 Å². The standard InChI is InChI=1S/C22H23FO4/c1-5-15-19(25)18-16(24)12-17(13-8-10-14(23)11-9-13)27-21(18)22(6-2,7-3)20(15)26-4/h8-12H,5-7H2,1-4H3. The molecule has 1 heterocycles. The maximum atomic E-state index is 13.3. The monoisotopic (exact) mass is 370 g/mol. The summed E-state index contributed by atoms with van der Waals surface area (Å²) >= 11 is 0. The van der Waals surface area contributed by atoms with Crippen LogP contribution in [0.4, 0.5) is 4.39 Å². The third kappa shape index (κ3) is 2.82.